The number of aliphatic hydroxyl groups excluding tert-OH is 2. The molecular weight excluding hydrogens is 143 g/mol. The highest BCUT2D eigenvalue weighted by Crippen LogP contribution is 1.69. The predicted octanol–water partition coefficient (Wildman–Crippen LogP) is -2.50. The number of aliphatic hydroxyl groups is 2. The molecule has 0 aromatic heterocycles. The molecule has 62 valence electrons. The third kappa shape index (κ3) is 24.9. The van der Waals surface area contributed by atoms with Gasteiger partial charge in [-0.2, -0.15) is 0 Å². The van der Waals surface area contributed by atoms with Gasteiger partial charge >= 0.3 is 7.32 Å². The number of hydrogen-bond acceptors (Lipinski definition) is 6. The average Bonchev–Trinajstić information content (AvgIpc) is 1.89. The molecule has 0 aromatic rings. The minimum Gasteiger partial charge on any atom is -0.400 e. The summed E-state index contributed by atoms with van der Waals surface area (Å²) in [5.74, 6) is 0. The monoisotopic (exact) mass is 154 g/mol. The molecule has 0 bridgehead atoms. The molecule has 0 unspecified atom stereocenters. The molecule has 0 aliphatic rings. The van der Waals surface area contributed by atoms with Gasteiger partial charge in [0.1, 0.15) is 0 Å². The van der Waals surface area contributed by atoms with Crippen LogP contribution in [-0.2, 0) is 9.69 Å². The van der Waals surface area contributed by atoms with Crippen molar-refractivity contribution < 1.29 is 30.0 Å². The van der Waals surface area contributed by atoms with Gasteiger partial charge in [0, 0.05) is 0 Å². The molecular formula is C3H11BO6. The molecule has 0 saturated heterocycles. The smallest absolute Gasteiger partial charge is 0.400 e. The molecule has 0 heterocycles. The van der Waals surface area contributed by atoms with Crippen molar-refractivity contribution in [3.63, 3.8) is 0 Å². The molecule has 0 amide bonds. The maximum Gasteiger partial charge on any atom is 0.662 e. The lowest BCUT2D eigenvalue weighted by molar-refractivity contribution is -0.208. The van der Waals surface area contributed by atoms with Crippen LogP contribution in [0.15, 0.2) is 0 Å². The van der Waals surface area contributed by atoms with Crippen molar-refractivity contribution in [1.82, 2.24) is 0 Å². The van der Waals surface area contributed by atoms with Gasteiger partial charge in [0.2, 0.25) is 0 Å². The second-order valence-electron chi connectivity index (χ2n) is 1.04. The first-order chi connectivity index (χ1) is 4.68. The fraction of sp³-hybridized carbons (Fsp3) is 1.00. The van der Waals surface area contributed by atoms with E-state index in [1.54, 1.807) is 0 Å². The van der Waals surface area contributed by atoms with Gasteiger partial charge < -0.3 is 20.3 Å². The van der Waals surface area contributed by atoms with Crippen LogP contribution in [0.5, 0.6) is 0 Å². The summed E-state index contributed by atoms with van der Waals surface area (Å²) < 4.78 is 0. The van der Waals surface area contributed by atoms with Gasteiger partial charge in [0.15, 0.2) is 0 Å². The highest BCUT2D eigenvalue weighted by Gasteiger charge is 2.06. The summed E-state index contributed by atoms with van der Waals surface area (Å²) in [6.45, 7) is -0.250. The van der Waals surface area contributed by atoms with Gasteiger partial charge in [-0.3, -0.25) is 4.89 Å². The zero-order chi connectivity index (χ0) is 8.41. The highest BCUT2D eigenvalue weighted by molar-refractivity contribution is 6.32. The van der Waals surface area contributed by atoms with E-state index < -0.39 is 7.32 Å². The summed E-state index contributed by atoms with van der Waals surface area (Å²) >= 11 is 0. The number of hydrogen-bond donors (Lipinski definition) is 4. The Balaban J connectivity index is 0. The number of rotatable bonds is 3. The Hall–Kier alpha value is -0.175. The first kappa shape index (κ1) is 12.5. The van der Waals surface area contributed by atoms with Crippen molar-refractivity contribution >= 4 is 7.32 Å². The third-order valence-electron chi connectivity index (χ3n) is 0.282. The molecule has 0 fully saturated rings. The molecule has 0 spiro atoms. The molecule has 0 atom stereocenters. The lowest BCUT2D eigenvalue weighted by Crippen LogP contribution is -2.15. The second-order valence-corrected chi connectivity index (χ2v) is 1.04. The molecule has 10 heavy (non-hydrogen) atoms. The minimum atomic E-state index is -1.82. The van der Waals surface area contributed by atoms with Crippen LogP contribution in [-0.4, -0.2) is 47.9 Å². The van der Waals surface area contributed by atoms with Crippen LogP contribution < -0.4 is 0 Å². The van der Waals surface area contributed by atoms with E-state index in [2.05, 4.69) is 9.69 Å². The van der Waals surface area contributed by atoms with Crippen LogP contribution in [0.1, 0.15) is 0 Å². The quantitative estimate of drug-likeness (QED) is 0.204. The molecule has 7 heteroatoms. The maximum absolute atomic E-state index is 7.76. The average molecular weight is 154 g/mol. The van der Waals surface area contributed by atoms with Gasteiger partial charge in [-0.1, -0.05) is 0 Å². The van der Waals surface area contributed by atoms with Gasteiger partial charge in [0.05, 0.1) is 20.3 Å². The van der Waals surface area contributed by atoms with Crippen molar-refractivity contribution in [2.24, 2.45) is 0 Å². The Kier molecular flexibility index (Phi) is 14.5. The summed E-state index contributed by atoms with van der Waals surface area (Å²) in [5.41, 5.74) is 0. The second kappa shape index (κ2) is 11.6. The van der Waals surface area contributed by atoms with Crippen LogP contribution in [0.3, 0.4) is 0 Å². The van der Waals surface area contributed by atoms with Crippen LogP contribution in [0.4, 0.5) is 0 Å². The third-order valence-corrected chi connectivity index (χ3v) is 0.282. The zero-order valence-electron chi connectivity index (χ0n) is 5.60. The minimum absolute atomic E-state index is 0.125. The Morgan fingerprint density at radius 1 is 1.20 bits per heavy atom. The molecule has 6 nitrogen and oxygen atoms in total. The van der Waals surface area contributed by atoms with E-state index in [4.69, 9.17) is 20.3 Å². The van der Waals surface area contributed by atoms with Gasteiger partial charge in [0.25, 0.3) is 0 Å². The van der Waals surface area contributed by atoms with E-state index >= 15 is 0 Å². The molecule has 0 aliphatic heterocycles. The maximum atomic E-state index is 7.76. The first-order valence-corrected chi connectivity index (χ1v) is 2.46. The highest BCUT2D eigenvalue weighted by atomic mass is 17.2. The van der Waals surface area contributed by atoms with Crippen molar-refractivity contribution in [3.8, 4) is 0 Å². The van der Waals surface area contributed by atoms with Crippen LogP contribution in [0.2, 0.25) is 0 Å². The summed E-state index contributed by atoms with van der Waals surface area (Å²) in [4.78, 5) is 7.46. The van der Waals surface area contributed by atoms with Crippen LogP contribution in [0.25, 0.3) is 0 Å². The fourth-order valence-electron chi connectivity index (χ4n) is 0.0861. The van der Waals surface area contributed by atoms with Crippen molar-refractivity contribution in [2.75, 3.05) is 20.3 Å². The zero-order valence-corrected chi connectivity index (χ0v) is 5.60. The molecule has 0 aromatic carbocycles. The Labute approximate surface area is 58.7 Å². The van der Waals surface area contributed by atoms with E-state index in [0.717, 1.165) is 0 Å². The van der Waals surface area contributed by atoms with Crippen molar-refractivity contribution in [3.05, 3.63) is 0 Å². The SMILES string of the molecule is COOB(O)O.OCCO. The lowest BCUT2D eigenvalue weighted by Gasteiger charge is -1.91. The van der Waals surface area contributed by atoms with Crippen molar-refractivity contribution in [2.45, 2.75) is 0 Å². The van der Waals surface area contributed by atoms with E-state index in [0.29, 0.717) is 0 Å². The van der Waals surface area contributed by atoms with E-state index in [1.807, 2.05) is 0 Å². The molecule has 0 saturated carbocycles. The summed E-state index contributed by atoms with van der Waals surface area (Å²) in [6.07, 6.45) is 0. The predicted molar refractivity (Wildman–Crippen MR) is 32.5 cm³/mol. The van der Waals surface area contributed by atoms with Crippen LogP contribution in [0, 0.1) is 0 Å². The Morgan fingerprint density at radius 3 is 1.60 bits per heavy atom. The van der Waals surface area contributed by atoms with Gasteiger partial charge in [-0.05, 0) is 0 Å². The lowest BCUT2D eigenvalue weighted by atomic mass is 10.3. The normalized spacial score (nSPS) is 8.10. The first-order valence-electron chi connectivity index (χ1n) is 2.46. The largest absolute Gasteiger partial charge is 0.662 e. The van der Waals surface area contributed by atoms with Gasteiger partial charge in [-0.15, -0.1) is 0 Å². The summed E-state index contributed by atoms with van der Waals surface area (Å²) in [7, 11) is -0.644. The summed E-state index contributed by atoms with van der Waals surface area (Å²) in [5, 5.41) is 30.8. The standard InChI is InChI=1S/C2H6O2.CH5BO4/c3-1-2-4;1-5-6-2(3)4/h3-4H,1-2H2;3-4H,1H3. The molecule has 0 aliphatic carbocycles. The Morgan fingerprint density at radius 2 is 1.60 bits per heavy atom. The molecule has 0 rings (SSSR count). The summed E-state index contributed by atoms with van der Waals surface area (Å²) in [6, 6.07) is 0. The topological polar surface area (TPSA) is 99.4 Å². The van der Waals surface area contributed by atoms with Crippen molar-refractivity contribution in [1.29, 1.82) is 0 Å². The van der Waals surface area contributed by atoms with E-state index in [9.17, 15) is 0 Å². The van der Waals surface area contributed by atoms with E-state index in [1.165, 1.54) is 7.11 Å². The fourth-order valence-corrected chi connectivity index (χ4v) is 0.0861. The van der Waals surface area contributed by atoms with E-state index in [-0.39, 0.29) is 13.2 Å². The molecule has 0 radical (unpaired) electrons. The van der Waals surface area contributed by atoms with Crippen LogP contribution >= 0.6 is 0 Å². The van der Waals surface area contributed by atoms with Gasteiger partial charge in [-0.25, -0.2) is 4.81 Å². The Bertz CT molecular complexity index is 48.3. The molecule has 4 N–H and O–H groups in total.